The third kappa shape index (κ3) is 4.28. The monoisotopic (exact) mass is 251 g/mol. The van der Waals surface area contributed by atoms with Crippen molar-refractivity contribution in [2.75, 3.05) is 5.32 Å². The van der Waals surface area contributed by atoms with Crippen LogP contribution in [0, 0.1) is 5.92 Å². The maximum Gasteiger partial charge on any atom is 0.308 e. The molecule has 0 aromatic heterocycles. The molecule has 18 heavy (non-hydrogen) atoms. The van der Waals surface area contributed by atoms with Crippen molar-refractivity contribution < 1.29 is 14.6 Å². The topological polar surface area (TPSA) is 58.6 Å². The SMILES string of the molecule is CC(C)Nc1ccc(COC(=O)C(C)C)cc1O. The van der Waals surface area contributed by atoms with Crippen LogP contribution in [0.2, 0.25) is 0 Å². The van der Waals surface area contributed by atoms with Crippen LogP contribution in [0.3, 0.4) is 0 Å². The maximum atomic E-state index is 11.3. The molecule has 1 rings (SSSR count). The van der Waals surface area contributed by atoms with Gasteiger partial charge in [0, 0.05) is 6.04 Å². The lowest BCUT2D eigenvalue weighted by Crippen LogP contribution is -2.12. The molecule has 4 nitrogen and oxygen atoms in total. The number of benzene rings is 1. The lowest BCUT2D eigenvalue weighted by molar-refractivity contribution is -0.148. The fourth-order valence-electron chi connectivity index (χ4n) is 1.42. The molecule has 0 saturated heterocycles. The fraction of sp³-hybridized carbons (Fsp3) is 0.500. The van der Waals surface area contributed by atoms with Crippen LogP contribution in [-0.2, 0) is 16.1 Å². The van der Waals surface area contributed by atoms with Gasteiger partial charge in [0.25, 0.3) is 0 Å². The summed E-state index contributed by atoms with van der Waals surface area (Å²) in [6.45, 7) is 7.76. The van der Waals surface area contributed by atoms with Crippen molar-refractivity contribution in [3.8, 4) is 5.75 Å². The molecule has 0 unspecified atom stereocenters. The molecule has 2 N–H and O–H groups in total. The molecular weight excluding hydrogens is 230 g/mol. The highest BCUT2D eigenvalue weighted by Crippen LogP contribution is 2.25. The minimum absolute atomic E-state index is 0.138. The molecule has 0 saturated carbocycles. The van der Waals surface area contributed by atoms with Gasteiger partial charge in [-0.25, -0.2) is 0 Å². The van der Waals surface area contributed by atoms with Crippen LogP contribution in [-0.4, -0.2) is 17.1 Å². The van der Waals surface area contributed by atoms with E-state index in [-0.39, 0.29) is 30.3 Å². The summed E-state index contributed by atoms with van der Waals surface area (Å²) < 4.78 is 5.10. The molecule has 1 aromatic rings. The van der Waals surface area contributed by atoms with E-state index < -0.39 is 0 Å². The second-order valence-electron chi connectivity index (χ2n) is 4.91. The first-order valence-corrected chi connectivity index (χ1v) is 6.15. The molecule has 0 spiro atoms. The van der Waals surface area contributed by atoms with E-state index in [9.17, 15) is 9.90 Å². The summed E-state index contributed by atoms with van der Waals surface area (Å²) in [5.41, 5.74) is 1.46. The number of phenols is 1. The van der Waals surface area contributed by atoms with Gasteiger partial charge in [0.05, 0.1) is 11.6 Å². The van der Waals surface area contributed by atoms with Gasteiger partial charge in [0.1, 0.15) is 12.4 Å². The molecule has 1 aromatic carbocycles. The Balaban J connectivity index is 2.64. The average molecular weight is 251 g/mol. The van der Waals surface area contributed by atoms with Crippen molar-refractivity contribution >= 4 is 11.7 Å². The Morgan fingerprint density at radius 2 is 2.00 bits per heavy atom. The van der Waals surface area contributed by atoms with Crippen molar-refractivity contribution in [3.05, 3.63) is 23.8 Å². The van der Waals surface area contributed by atoms with Gasteiger partial charge in [-0.15, -0.1) is 0 Å². The van der Waals surface area contributed by atoms with Gasteiger partial charge >= 0.3 is 5.97 Å². The summed E-state index contributed by atoms with van der Waals surface area (Å²) in [4.78, 5) is 11.3. The predicted octanol–water partition coefficient (Wildman–Crippen LogP) is 2.91. The molecule has 0 bridgehead atoms. The number of aromatic hydroxyl groups is 1. The largest absolute Gasteiger partial charge is 0.506 e. The number of hydrogen-bond donors (Lipinski definition) is 2. The number of nitrogens with one attached hydrogen (secondary N) is 1. The van der Waals surface area contributed by atoms with E-state index in [0.29, 0.717) is 5.69 Å². The second kappa shape index (κ2) is 6.28. The van der Waals surface area contributed by atoms with Gasteiger partial charge in [-0.3, -0.25) is 4.79 Å². The zero-order valence-electron chi connectivity index (χ0n) is 11.4. The minimum Gasteiger partial charge on any atom is -0.506 e. The van der Waals surface area contributed by atoms with Crippen LogP contribution in [0.5, 0.6) is 5.75 Å². The van der Waals surface area contributed by atoms with Gasteiger partial charge in [-0.05, 0) is 31.5 Å². The first-order valence-electron chi connectivity index (χ1n) is 6.15. The zero-order chi connectivity index (χ0) is 13.7. The van der Waals surface area contributed by atoms with Gasteiger partial charge in [-0.1, -0.05) is 19.9 Å². The van der Waals surface area contributed by atoms with Crippen LogP contribution in [0.1, 0.15) is 33.3 Å². The maximum absolute atomic E-state index is 11.3. The van der Waals surface area contributed by atoms with E-state index in [1.807, 2.05) is 19.9 Å². The van der Waals surface area contributed by atoms with Crippen molar-refractivity contribution in [1.29, 1.82) is 0 Å². The molecule has 0 aliphatic heterocycles. The molecule has 0 aliphatic rings. The molecule has 0 amide bonds. The Morgan fingerprint density at radius 1 is 1.33 bits per heavy atom. The molecule has 0 fully saturated rings. The molecule has 4 heteroatoms. The smallest absolute Gasteiger partial charge is 0.308 e. The van der Waals surface area contributed by atoms with E-state index in [1.165, 1.54) is 0 Å². The van der Waals surface area contributed by atoms with Crippen LogP contribution < -0.4 is 5.32 Å². The summed E-state index contributed by atoms with van der Waals surface area (Å²) in [7, 11) is 0. The number of carbonyl (C=O) groups excluding carboxylic acids is 1. The molecule has 0 aliphatic carbocycles. The molecule has 100 valence electrons. The van der Waals surface area contributed by atoms with Crippen LogP contribution >= 0.6 is 0 Å². The summed E-state index contributed by atoms with van der Waals surface area (Å²) in [6.07, 6.45) is 0. The minimum atomic E-state index is -0.237. The highest BCUT2D eigenvalue weighted by atomic mass is 16.5. The molecular formula is C14H21NO3. The van der Waals surface area contributed by atoms with Crippen molar-refractivity contribution in [2.24, 2.45) is 5.92 Å². The number of ether oxygens (including phenoxy) is 1. The number of carbonyl (C=O) groups is 1. The zero-order valence-corrected chi connectivity index (χ0v) is 11.4. The van der Waals surface area contributed by atoms with Crippen molar-refractivity contribution in [3.63, 3.8) is 0 Å². The Kier molecular flexibility index (Phi) is 5.01. The van der Waals surface area contributed by atoms with Gasteiger partial charge < -0.3 is 15.2 Å². The Hall–Kier alpha value is -1.71. The highest BCUT2D eigenvalue weighted by molar-refractivity contribution is 5.71. The van der Waals surface area contributed by atoms with Crippen molar-refractivity contribution in [2.45, 2.75) is 40.3 Å². The number of rotatable bonds is 5. The van der Waals surface area contributed by atoms with Crippen LogP contribution in [0.25, 0.3) is 0 Å². The highest BCUT2D eigenvalue weighted by Gasteiger charge is 2.09. The number of esters is 1. The molecule has 0 radical (unpaired) electrons. The first-order chi connectivity index (χ1) is 8.40. The Labute approximate surface area is 108 Å². The van der Waals surface area contributed by atoms with Gasteiger partial charge in [0.2, 0.25) is 0 Å². The van der Waals surface area contributed by atoms with E-state index in [2.05, 4.69) is 5.32 Å². The molecule has 0 heterocycles. The number of hydrogen-bond acceptors (Lipinski definition) is 4. The van der Waals surface area contributed by atoms with Gasteiger partial charge in [-0.2, -0.15) is 0 Å². The third-order valence-corrected chi connectivity index (χ3v) is 2.36. The quantitative estimate of drug-likeness (QED) is 0.624. The lowest BCUT2D eigenvalue weighted by atomic mass is 10.2. The summed E-state index contributed by atoms with van der Waals surface area (Å²) >= 11 is 0. The standard InChI is InChI=1S/C14H21NO3/c1-9(2)14(17)18-8-11-5-6-12(13(16)7-11)15-10(3)4/h5-7,9-10,15-16H,8H2,1-4H3. The predicted molar refractivity (Wildman–Crippen MR) is 71.5 cm³/mol. The van der Waals surface area contributed by atoms with Crippen molar-refractivity contribution in [1.82, 2.24) is 0 Å². The lowest BCUT2D eigenvalue weighted by Gasteiger charge is -2.13. The second-order valence-corrected chi connectivity index (χ2v) is 4.91. The van der Waals surface area contributed by atoms with Crippen LogP contribution in [0.15, 0.2) is 18.2 Å². The summed E-state index contributed by atoms with van der Waals surface area (Å²) in [5, 5.41) is 12.9. The molecule has 0 atom stereocenters. The number of phenolic OH excluding ortho intramolecular Hbond substituents is 1. The van der Waals surface area contributed by atoms with E-state index in [4.69, 9.17) is 4.74 Å². The fourth-order valence-corrected chi connectivity index (χ4v) is 1.42. The first kappa shape index (κ1) is 14.4. The Morgan fingerprint density at radius 3 is 2.50 bits per heavy atom. The Bertz CT molecular complexity index is 414. The van der Waals surface area contributed by atoms with Gasteiger partial charge in [0.15, 0.2) is 0 Å². The van der Waals surface area contributed by atoms with Crippen LogP contribution in [0.4, 0.5) is 5.69 Å². The van der Waals surface area contributed by atoms with E-state index in [1.54, 1.807) is 26.0 Å². The normalized spacial score (nSPS) is 10.8. The third-order valence-electron chi connectivity index (χ3n) is 2.36. The summed E-state index contributed by atoms with van der Waals surface area (Å²) in [5.74, 6) is -0.207. The average Bonchev–Trinajstić information content (AvgIpc) is 2.28. The number of anilines is 1. The van der Waals surface area contributed by atoms with E-state index in [0.717, 1.165) is 5.56 Å². The van der Waals surface area contributed by atoms with E-state index >= 15 is 0 Å². The summed E-state index contributed by atoms with van der Waals surface area (Å²) in [6, 6.07) is 5.48.